The first-order chi connectivity index (χ1) is 8.48. The van der Waals surface area contributed by atoms with Crippen LogP contribution >= 0.6 is 23.2 Å². The van der Waals surface area contributed by atoms with Crippen molar-refractivity contribution in [2.45, 2.75) is 95.7 Å². The van der Waals surface area contributed by atoms with Crippen LogP contribution in [0.4, 0.5) is 0 Å². The van der Waals surface area contributed by atoms with Gasteiger partial charge in [0.15, 0.2) is 5.12 Å². The van der Waals surface area contributed by atoms with Gasteiger partial charge in [0, 0.05) is 11.1 Å². The van der Waals surface area contributed by atoms with Crippen molar-refractivity contribution in [1.82, 2.24) is 10.6 Å². The topological polar surface area (TPSA) is 24.1 Å². The van der Waals surface area contributed by atoms with Crippen LogP contribution in [0.2, 0.25) is 0 Å². The fourth-order valence-electron chi connectivity index (χ4n) is 2.59. The van der Waals surface area contributed by atoms with E-state index in [1.807, 2.05) is 6.92 Å². The second-order valence-corrected chi connectivity index (χ2v) is 8.10. The molecular weight excluding hydrogens is 279 g/mol. The molecule has 0 aliphatic rings. The molecule has 0 heterocycles. The van der Waals surface area contributed by atoms with Crippen LogP contribution in [-0.4, -0.2) is 21.6 Å². The lowest BCUT2D eigenvalue weighted by molar-refractivity contribution is 0.193. The summed E-state index contributed by atoms with van der Waals surface area (Å²) in [6.45, 7) is 15.0. The SMILES string of the molecule is CCCC(C)(C)NC(Cl)(NC(C)(C)CCC)C(C)Cl. The van der Waals surface area contributed by atoms with E-state index in [-0.39, 0.29) is 16.5 Å². The van der Waals surface area contributed by atoms with Crippen LogP contribution in [0.15, 0.2) is 0 Å². The molecule has 2 N–H and O–H groups in total. The Hall–Kier alpha value is 0.500. The van der Waals surface area contributed by atoms with Gasteiger partial charge in [0.1, 0.15) is 0 Å². The maximum atomic E-state index is 6.76. The molecule has 2 nitrogen and oxygen atoms in total. The summed E-state index contributed by atoms with van der Waals surface area (Å²) in [5, 5.41) is 6.00. The molecule has 0 rings (SSSR count). The molecule has 0 fully saturated rings. The van der Waals surface area contributed by atoms with Crippen LogP contribution in [0.1, 0.15) is 74.1 Å². The second-order valence-electron chi connectivity index (χ2n) is 6.85. The van der Waals surface area contributed by atoms with Gasteiger partial charge >= 0.3 is 0 Å². The summed E-state index contributed by atoms with van der Waals surface area (Å²) in [6.07, 6.45) is 4.34. The molecular formula is C15H32Cl2N2. The summed E-state index contributed by atoms with van der Waals surface area (Å²) in [7, 11) is 0. The monoisotopic (exact) mass is 310 g/mol. The molecule has 0 saturated carbocycles. The van der Waals surface area contributed by atoms with Gasteiger partial charge in [0.05, 0.1) is 5.38 Å². The molecule has 0 aliphatic heterocycles. The predicted molar refractivity (Wildman–Crippen MR) is 88.1 cm³/mol. The Kier molecular flexibility index (Phi) is 7.69. The highest BCUT2D eigenvalue weighted by Crippen LogP contribution is 2.28. The average molecular weight is 311 g/mol. The Morgan fingerprint density at radius 3 is 1.42 bits per heavy atom. The lowest BCUT2D eigenvalue weighted by Gasteiger charge is -2.44. The number of hydrogen-bond donors (Lipinski definition) is 2. The van der Waals surface area contributed by atoms with Crippen LogP contribution in [0.3, 0.4) is 0 Å². The van der Waals surface area contributed by atoms with E-state index in [4.69, 9.17) is 23.2 Å². The van der Waals surface area contributed by atoms with Gasteiger partial charge in [-0.2, -0.15) is 0 Å². The summed E-state index contributed by atoms with van der Waals surface area (Å²) in [6, 6.07) is 0. The van der Waals surface area contributed by atoms with Gasteiger partial charge in [0.2, 0.25) is 0 Å². The standard InChI is InChI=1S/C15H32Cl2N2/c1-8-10-13(4,5)18-15(17,12(3)16)19-14(6,7)11-9-2/h12,18-19H,8-11H2,1-7H3. The normalized spacial score (nSPS) is 15.6. The number of hydrogen-bond acceptors (Lipinski definition) is 2. The maximum Gasteiger partial charge on any atom is 0.163 e. The van der Waals surface area contributed by atoms with Gasteiger partial charge < -0.3 is 0 Å². The molecule has 0 spiro atoms. The van der Waals surface area contributed by atoms with Crippen LogP contribution in [-0.2, 0) is 0 Å². The molecule has 4 heteroatoms. The van der Waals surface area contributed by atoms with Gasteiger partial charge in [-0.05, 0) is 47.5 Å². The minimum absolute atomic E-state index is 0.0467. The molecule has 0 aliphatic carbocycles. The van der Waals surface area contributed by atoms with E-state index in [2.05, 4.69) is 52.2 Å². The molecule has 0 amide bonds. The first-order valence-corrected chi connectivity index (χ1v) is 8.21. The minimum Gasteiger partial charge on any atom is -0.280 e. The molecule has 0 aromatic heterocycles. The smallest absolute Gasteiger partial charge is 0.163 e. The molecule has 0 radical (unpaired) electrons. The molecule has 0 bridgehead atoms. The number of alkyl halides is 2. The Labute approximate surface area is 130 Å². The summed E-state index contributed by atoms with van der Waals surface area (Å²) in [5.74, 6) is 0. The summed E-state index contributed by atoms with van der Waals surface area (Å²) in [4.78, 5) is 0. The van der Waals surface area contributed by atoms with E-state index < -0.39 is 5.12 Å². The quantitative estimate of drug-likeness (QED) is 0.361. The largest absolute Gasteiger partial charge is 0.280 e. The zero-order valence-corrected chi connectivity index (χ0v) is 15.2. The van der Waals surface area contributed by atoms with Crippen molar-refractivity contribution in [3.8, 4) is 0 Å². The molecule has 116 valence electrons. The van der Waals surface area contributed by atoms with Crippen LogP contribution in [0.5, 0.6) is 0 Å². The van der Waals surface area contributed by atoms with Crippen LogP contribution < -0.4 is 10.6 Å². The third kappa shape index (κ3) is 7.17. The Morgan fingerprint density at radius 1 is 0.895 bits per heavy atom. The first kappa shape index (κ1) is 19.5. The van der Waals surface area contributed by atoms with Gasteiger partial charge in [0.25, 0.3) is 0 Å². The Morgan fingerprint density at radius 2 is 1.21 bits per heavy atom. The van der Waals surface area contributed by atoms with E-state index in [9.17, 15) is 0 Å². The highest BCUT2D eigenvalue weighted by atomic mass is 35.5. The van der Waals surface area contributed by atoms with Crippen molar-refractivity contribution < 1.29 is 0 Å². The van der Waals surface area contributed by atoms with Crippen molar-refractivity contribution in [3.63, 3.8) is 0 Å². The first-order valence-electron chi connectivity index (χ1n) is 7.39. The van der Waals surface area contributed by atoms with Gasteiger partial charge in [-0.25, -0.2) is 0 Å². The van der Waals surface area contributed by atoms with Crippen LogP contribution in [0.25, 0.3) is 0 Å². The maximum absolute atomic E-state index is 6.76. The fourth-order valence-corrected chi connectivity index (χ4v) is 3.21. The van der Waals surface area contributed by atoms with E-state index in [1.165, 1.54) is 0 Å². The zero-order chi connectivity index (χ0) is 15.3. The minimum atomic E-state index is -0.793. The summed E-state index contributed by atoms with van der Waals surface area (Å²) >= 11 is 13.1. The van der Waals surface area contributed by atoms with E-state index >= 15 is 0 Å². The van der Waals surface area contributed by atoms with Gasteiger partial charge in [-0.15, -0.1) is 11.6 Å². The lowest BCUT2D eigenvalue weighted by atomic mass is 9.95. The third-order valence-electron chi connectivity index (χ3n) is 3.34. The summed E-state index contributed by atoms with van der Waals surface area (Å²) < 4.78 is 0. The van der Waals surface area contributed by atoms with Crippen LogP contribution in [0, 0.1) is 0 Å². The van der Waals surface area contributed by atoms with E-state index in [0.29, 0.717) is 0 Å². The van der Waals surface area contributed by atoms with Crippen molar-refractivity contribution in [2.75, 3.05) is 0 Å². The Bertz CT molecular complexity index is 243. The molecule has 0 aromatic carbocycles. The molecule has 1 unspecified atom stereocenters. The lowest BCUT2D eigenvalue weighted by Crippen LogP contribution is -2.68. The third-order valence-corrected chi connectivity index (χ3v) is 4.29. The van der Waals surface area contributed by atoms with E-state index in [0.717, 1.165) is 25.7 Å². The molecule has 0 aromatic rings. The number of halogens is 2. The van der Waals surface area contributed by atoms with Crippen molar-refractivity contribution in [1.29, 1.82) is 0 Å². The molecule has 19 heavy (non-hydrogen) atoms. The van der Waals surface area contributed by atoms with Crippen molar-refractivity contribution in [2.24, 2.45) is 0 Å². The number of rotatable bonds is 9. The van der Waals surface area contributed by atoms with Crippen molar-refractivity contribution >= 4 is 23.2 Å². The summed E-state index contributed by atoms with van der Waals surface area (Å²) in [5.41, 5.74) is -0.0934. The zero-order valence-electron chi connectivity index (χ0n) is 13.7. The highest BCUT2D eigenvalue weighted by Gasteiger charge is 2.40. The van der Waals surface area contributed by atoms with E-state index in [1.54, 1.807) is 0 Å². The Balaban J connectivity index is 4.96. The molecule has 0 saturated heterocycles. The average Bonchev–Trinajstić information content (AvgIpc) is 2.13. The van der Waals surface area contributed by atoms with Crippen molar-refractivity contribution in [3.05, 3.63) is 0 Å². The fraction of sp³-hybridized carbons (Fsp3) is 1.00. The number of nitrogens with one attached hydrogen (secondary N) is 2. The highest BCUT2D eigenvalue weighted by molar-refractivity contribution is 6.32. The van der Waals surface area contributed by atoms with Gasteiger partial charge in [-0.3, -0.25) is 10.6 Å². The predicted octanol–water partition coefficient (Wildman–Crippen LogP) is 4.84. The van der Waals surface area contributed by atoms with Gasteiger partial charge in [-0.1, -0.05) is 38.3 Å². The second kappa shape index (κ2) is 7.49. The molecule has 1 atom stereocenters.